The van der Waals surface area contributed by atoms with Crippen LogP contribution in [-0.4, -0.2) is 9.55 Å². The van der Waals surface area contributed by atoms with E-state index in [2.05, 4.69) is 24.9 Å². The maximum Gasteiger partial charge on any atom is 0.329 e. The van der Waals surface area contributed by atoms with E-state index in [4.69, 9.17) is 0 Å². The number of rotatable bonds is 1. The van der Waals surface area contributed by atoms with Crippen molar-refractivity contribution in [2.75, 3.05) is 0 Å². The minimum Gasteiger partial charge on any atom is -0.306 e. The lowest BCUT2D eigenvalue weighted by atomic mass is 9.72. The summed E-state index contributed by atoms with van der Waals surface area (Å²) in [6, 6.07) is 7.81. The zero-order chi connectivity index (χ0) is 15.4. The van der Waals surface area contributed by atoms with E-state index in [9.17, 15) is 9.59 Å². The van der Waals surface area contributed by atoms with Gasteiger partial charge >= 0.3 is 5.69 Å². The molecule has 1 aromatic heterocycles. The summed E-state index contributed by atoms with van der Waals surface area (Å²) >= 11 is 0. The summed E-state index contributed by atoms with van der Waals surface area (Å²) in [7, 11) is 0. The van der Waals surface area contributed by atoms with Crippen molar-refractivity contribution in [3.63, 3.8) is 0 Å². The van der Waals surface area contributed by atoms with Gasteiger partial charge in [0.2, 0.25) is 0 Å². The van der Waals surface area contributed by atoms with Gasteiger partial charge in [-0.3, -0.25) is 9.36 Å². The standard InChI is InChI=1S/C17H20N2O2/c1-10(2)19-15(20)13-14(18-16(19)21)12-8-6-5-7-11(12)9-17(13,3)4/h5-8,10H,9H2,1-4H3,(H,18,21). The first kappa shape index (κ1) is 13.9. The van der Waals surface area contributed by atoms with E-state index in [0.29, 0.717) is 5.69 Å². The summed E-state index contributed by atoms with van der Waals surface area (Å²) in [4.78, 5) is 28.1. The van der Waals surface area contributed by atoms with Crippen molar-refractivity contribution in [1.82, 2.24) is 9.55 Å². The lowest BCUT2D eigenvalue weighted by Gasteiger charge is -2.33. The first-order chi connectivity index (χ1) is 9.83. The Morgan fingerprint density at radius 2 is 1.86 bits per heavy atom. The van der Waals surface area contributed by atoms with E-state index in [1.54, 1.807) is 0 Å². The number of nitrogens with one attached hydrogen (secondary N) is 1. The highest BCUT2D eigenvalue weighted by atomic mass is 16.2. The molecule has 1 aromatic carbocycles. The molecule has 1 N–H and O–H groups in total. The van der Waals surface area contributed by atoms with Crippen molar-refractivity contribution in [3.05, 3.63) is 56.2 Å². The monoisotopic (exact) mass is 284 g/mol. The van der Waals surface area contributed by atoms with Gasteiger partial charge in [-0.2, -0.15) is 0 Å². The number of H-pyrrole nitrogens is 1. The number of nitrogens with zero attached hydrogens (tertiary/aromatic N) is 1. The second-order valence-electron chi connectivity index (χ2n) is 6.67. The van der Waals surface area contributed by atoms with Crippen LogP contribution in [0.1, 0.15) is 44.9 Å². The minimum atomic E-state index is -0.332. The van der Waals surface area contributed by atoms with Gasteiger partial charge in [0.1, 0.15) is 0 Å². The minimum absolute atomic E-state index is 0.153. The van der Waals surface area contributed by atoms with Gasteiger partial charge in [-0.25, -0.2) is 4.79 Å². The molecule has 1 heterocycles. The van der Waals surface area contributed by atoms with Crippen LogP contribution < -0.4 is 11.2 Å². The van der Waals surface area contributed by atoms with Crippen LogP contribution >= 0.6 is 0 Å². The molecule has 0 atom stereocenters. The molecular weight excluding hydrogens is 264 g/mol. The Balaban J connectivity index is 2.46. The molecule has 0 aliphatic heterocycles. The van der Waals surface area contributed by atoms with Crippen LogP contribution in [0.4, 0.5) is 0 Å². The largest absolute Gasteiger partial charge is 0.329 e. The van der Waals surface area contributed by atoms with Gasteiger partial charge in [0.25, 0.3) is 5.56 Å². The first-order valence-corrected chi connectivity index (χ1v) is 7.30. The number of hydrogen-bond acceptors (Lipinski definition) is 2. The zero-order valence-corrected chi connectivity index (χ0v) is 12.9. The van der Waals surface area contributed by atoms with E-state index in [0.717, 1.165) is 17.5 Å². The summed E-state index contributed by atoms with van der Waals surface area (Å²) in [6.45, 7) is 7.83. The number of aromatic amines is 1. The van der Waals surface area contributed by atoms with Crippen molar-refractivity contribution < 1.29 is 0 Å². The molecule has 110 valence electrons. The molecule has 0 spiro atoms. The van der Waals surface area contributed by atoms with Gasteiger partial charge in [-0.05, 0) is 25.8 Å². The fraction of sp³-hybridized carbons (Fsp3) is 0.412. The smallest absolute Gasteiger partial charge is 0.306 e. The molecule has 0 amide bonds. The number of hydrogen-bond donors (Lipinski definition) is 1. The average Bonchev–Trinajstić information content (AvgIpc) is 2.36. The van der Waals surface area contributed by atoms with Crippen molar-refractivity contribution in [3.8, 4) is 11.3 Å². The summed E-state index contributed by atoms with van der Waals surface area (Å²) in [5, 5.41) is 0. The molecule has 1 aliphatic carbocycles. The van der Waals surface area contributed by atoms with Crippen molar-refractivity contribution in [1.29, 1.82) is 0 Å². The van der Waals surface area contributed by atoms with Crippen LogP contribution in [0.3, 0.4) is 0 Å². The number of benzene rings is 1. The van der Waals surface area contributed by atoms with Crippen LogP contribution in [-0.2, 0) is 11.8 Å². The van der Waals surface area contributed by atoms with Crippen LogP contribution in [0.5, 0.6) is 0 Å². The molecule has 0 saturated heterocycles. The normalized spacial score (nSPS) is 15.7. The Labute approximate surface area is 123 Å². The van der Waals surface area contributed by atoms with Gasteiger partial charge in [-0.15, -0.1) is 0 Å². The molecule has 0 bridgehead atoms. The number of aromatic nitrogens is 2. The van der Waals surface area contributed by atoms with Crippen molar-refractivity contribution >= 4 is 0 Å². The van der Waals surface area contributed by atoms with Crippen LogP contribution in [0, 0.1) is 0 Å². The summed E-state index contributed by atoms with van der Waals surface area (Å²) < 4.78 is 1.31. The fourth-order valence-electron chi connectivity index (χ4n) is 3.33. The topological polar surface area (TPSA) is 54.9 Å². The Morgan fingerprint density at radius 1 is 1.19 bits per heavy atom. The van der Waals surface area contributed by atoms with Gasteiger partial charge in [-0.1, -0.05) is 38.1 Å². The van der Waals surface area contributed by atoms with Crippen LogP contribution in [0.15, 0.2) is 33.9 Å². The molecule has 0 radical (unpaired) electrons. The highest BCUT2D eigenvalue weighted by Crippen LogP contribution is 2.39. The molecule has 3 rings (SSSR count). The maximum atomic E-state index is 12.8. The second-order valence-corrected chi connectivity index (χ2v) is 6.67. The third kappa shape index (κ3) is 1.97. The molecule has 1 aliphatic rings. The Morgan fingerprint density at radius 3 is 2.52 bits per heavy atom. The van der Waals surface area contributed by atoms with Crippen LogP contribution in [0.2, 0.25) is 0 Å². The molecule has 0 saturated carbocycles. The fourth-order valence-corrected chi connectivity index (χ4v) is 3.33. The van der Waals surface area contributed by atoms with Gasteiger partial charge in [0.15, 0.2) is 0 Å². The van der Waals surface area contributed by atoms with Crippen molar-refractivity contribution in [2.45, 2.75) is 45.6 Å². The Hall–Kier alpha value is -2.10. The average molecular weight is 284 g/mol. The highest BCUT2D eigenvalue weighted by Gasteiger charge is 2.35. The summed E-state index contributed by atoms with van der Waals surface area (Å²) in [6.07, 6.45) is 0.801. The quantitative estimate of drug-likeness (QED) is 0.875. The molecule has 4 nitrogen and oxygen atoms in total. The Bertz CT molecular complexity index is 825. The van der Waals surface area contributed by atoms with Crippen molar-refractivity contribution in [2.24, 2.45) is 0 Å². The predicted molar refractivity (Wildman–Crippen MR) is 83.9 cm³/mol. The van der Waals surface area contributed by atoms with Gasteiger partial charge < -0.3 is 4.98 Å². The molecule has 0 fully saturated rings. The summed E-state index contributed by atoms with van der Waals surface area (Å²) in [5.74, 6) is 0. The first-order valence-electron chi connectivity index (χ1n) is 7.30. The number of fused-ring (bicyclic) bond motifs is 3. The van der Waals surface area contributed by atoms with E-state index in [1.165, 1.54) is 10.1 Å². The third-order valence-corrected chi connectivity index (χ3v) is 4.25. The van der Waals surface area contributed by atoms with E-state index < -0.39 is 0 Å². The van der Waals surface area contributed by atoms with E-state index >= 15 is 0 Å². The molecule has 4 heteroatoms. The molecule has 21 heavy (non-hydrogen) atoms. The zero-order valence-electron chi connectivity index (χ0n) is 12.9. The molecule has 0 unspecified atom stereocenters. The van der Waals surface area contributed by atoms with E-state index in [1.807, 2.05) is 32.0 Å². The predicted octanol–water partition coefficient (Wildman–Crippen LogP) is 2.62. The lowest BCUT2D eigenvalue weighted by Crippen LogP contribution is -2.44. The SMILES string of the molecule is CC(C)n1c(=O)[nH]c2c(c1=O)C(C)(C)Cc1ccccc1-2. The van der Waals surface area contributed by atoms with Gasteiger partial charge in [0.05, 0.1) is 5.69 Å². The second kappa shape index (κ2) is 4.45. The molecular formula is C17H20N2O2. The van der Waals surface area contributed by atoms with Crippen LogP contribution in [0.25, 0.3) is 11.3 Å². The summed E-state index contributed by atoms with van der Waals surface area (Å²) in [5.41, 5.74) is 2.76. The lowest BCUT2D eigenvalue weighted by molar-refractivity contribution is 0.475. The highest BCUT2D eigenvalue weighted by molar-refractivity contribution is 5.71. The Kier molecular flexibility index (Phi) is 2.94. The molecule has 2 aromatic rings. The van der Waals surface area contributed by atoms with E-state index in [-0.39, 0.29) is 22.7 Å². The van der Waals surface area contributed by atoms with Gasteiger partial charge in [0, 0.05) is 22.6 Å². The maximum absolute atomic E-state index is 12.8. The third-order valence-electron chi connectivity index (χ3n) is 4.25.